The molecule has 86 valence electrons. The van der Waals surface area contributed by atoms with Crippen molar-refractivity contribution in [1.82, 2.24) is 4.90 Å². The van der Waals surface area contributed by atoms with Crippen LogP contribution in [0.5, 0.6) is 0 Å². The minimum atomic E-state index is -0.259. The number of imide groups is 1. The number of nitrogens with zero attached hydrogens (tertiary/aromatic N) is 1. The number of rotatable bonds is 6. The second kappa shape index (κ2) is 7.01. The minimum Gasteiger partial charge on any atom is -0.281 e. The third kappa shape index (κ3) is 3.66. The summed E-state index contributed by atoms with van der Waals surface area (Å²) in [6, 6.07) is 8.76. The van der Waals surface area contributed by atoms with E-state index in [0.29, 0.717) is 24.4 Å². The van der Waals surface area contributed by atoms with Crippen LogP contribution in [-0.4, -0.2) is 29.6 Å². The van der Waals surface area contributed by atoms with E-state index in [2.05, 4.69) is 0 Å². The molecule has 0 bridgehead atoms. The first-order valence-electron chi connectivity index (χ1n) is 5.17. The van der Waals surface area contributed by atoms with Gasteiger partial charge in [-0.05, 0) is 25.0 Å². The van der Waals surface area contributed by atoms with Gasteiger partial charge in [0.25, 0.3) is 5.91 Å². The molecule has 1 rings (SSSR count). The standard InChI is InChI=1S/C12H14ClNO2/c13-8-4-5-9-14(10-15)12(16)11-6-2-1-3-7-11/h1-3,6-7,10H,4-5,8-9H2. The molecule has 0 N–H and O–H groups in total. The predicted octanol–water partition coefficient (Wildman–Crippen LogP) is 2.30. The molecule has 0 spiro atoms. The van der Waals surface area contributed by atoms with Crippen LogP contribution in [0, 0.1) is 0 Å². The first-order valence-corrected chi connectivity index (χ1v) is 5.70. The SMILES string of the molecule is O=CN(CCCCCl)C(=O)c1ccccc1. The second-order valence-electron chi connectivity index (χ2n) is 3.37. The van der Waals surface area contributed by atoms with Gasteiger partial charge in [0, 0.05) is 18.0 Å². The highest BCUT2D eigenvalue weighted by Crippen LogP contribution is 2.04. The molecule has 1 aromatic rings. The summed E-state index contributed by atoms with van der Waals surface area (Å²) in [6.45, 7) is 0.421. The zero-order valence-electron chi connectivity index (χ0n) is 8.93. The van der Waals surface area contributed by atoms with Crippen molar-refractivity contribution in [3.8, 4) is 0 Å². The maximum Gasteiger partial charge on any atom is 0.260 e. The van der Waals surface area contributed by atoms with Crippen LogP contribution in [-0.2, 0) is 4.79 Å². The number of hydrogen-bond donors (Lipinski definition) is 0. The molecule has 0 aliphatic heterocycles. The van der Waals surface area contributed by atoms with Gasteiger partial charge in [0.05, 0.1) is 0 Å². The molecule has 1 aromatic carbocycles. The van der Waals surface area contributed by atoms with Gasteiger partial charge in [-0.1, -0.05) is 18.2 Å². The first-order chi connectivity index (χ1) is 7.79. The normalized spacial score (nSPS) is 9.81. The Morgan fingerprint density at radius 2 is 1.94 bits per heavy atom. The van der Waals surface area contributed by atoms with Gasteiger partial charge in [-0.2, -0.15) is 0 Å². The molecule has 0 aliphatic rings. The van der Waals surface area contributed by atoms with Crippen molar-refractivity contribution in [3.63, 3.8) is 0 Å². The lowest BCUT2D eigenvalue weighted by Crippen LogP contribution is -2.30. The molecule has 0 heterocycles. The fourth-order valence-corrected chi connectivity index (χ4v) is 1.51. The maximum absolute atomic E-state index is 11.8. The molecule has 3 nitrogen and oxygen atoms in total. The van der Waals surface area contributed by atoms with Crippen LogP contribution in [0.4, 0.5) is 0 Å². The van der Waals surface area contributed by atoms with Crippen LogP contribution in [0.15, 0.2) is 30.3 Å². The van der Waals surface area contributed by atoms with E-state index in [0.717, 1.165) is 12.8 Å². The van der Waals surface area contributed by atoms with E-state index in [1.807, 2.05) is 6.07 Å². The lowest BCUT2D eigenvalue weighted by molar-refractivity contribution is -0.116. The van der Waals surface area contributed by atoms with Crippen LogP contribution in [0.1, 0.15) is 23.2 Å². The minimum absolute atomic E-state index is 0.259. The predicted molar refractivity (Wildman–Crippen MR) is 63.5 cm³/mol. The molecule has 0 aromatic heterocycles. The van der Waals surface area contributed by atoms with Gasteiger partial charge in [0.15, 0.2) is 0 Å². The number of halogens is 1. The number of benzene rings is 1. The summed E-state index contributed by atoms with van der Waals surface area (Å²) in [5, 5.41) is 0. The van der Waals surface area contributed by atoms with Crippen molar-refractivity contribution in [1.29, 1.82) is 0 Å². The zero-order chi connectivity index (χ0) is 11.8. The summed E-state index contributed by atoms with van der Waals surface area (Å²) >= 11 is 5.53. The Labute approximate surface area is 100 Å². The first kappa shape index (κ1) is 12.7. The van der Waals surface area contributed by atoms with Crippen molar-refractivity contribution in [2.75, 3.05) is 12.4 Å². The molecule has 0 atom stereocenters. The van der Waals surface area contributed by atoms with Crippen LogP contribution in [0.25, 0.3) is 0 Å². The van der Waals surface area contributed by atoms with Gasteiger partial charge in [-0.3, -0.25) is 14.5 Å². The summed E-state index contributed by atoms with van der Waals surface area (Å²) in [4.78, 5) is 23.8. The van der Waals surface area contributed by atoms with Crippen LogP contribution >= 0.6 is 11.6 Å². The molecule has 0 fully saturated rings. The molecule has 0 unspecified atom stereocenters. The molecule has 0 saturated heterocycles. The van der Waals surface area contributed by atoms with Gasteiger partial charge in [0.2, 0.25) is 6.41 Å². The number of carbonyl (C=O) groups excluding carboxylic acids is 2. The van der Waals surface area contributed by atoms with E-state index in [1.165, 1.54) is 4.90 Å². The highest BCUT2D eigenvalue weighted by Gasteiger charge is 2.13. The number of alkyl halides is 1. The molecule has 4 heteroatoms. The Balaban J connectivity index is 2.59. The molecule has 0 saturated carbocycles. The van der Waals surface area contributed by atoms with Crippen molar-refractivity contribution < 1.29 is 9.59 Å². The molecule has 2 amide bonds. The Hall–Kier alpha value is -1.35. The number of unbranched alkanes of at least 4 members (excludes halogenated alkanes) is 1. The molecular weight excluding hydrogens is 226 g/mol. The summed E-state index contributed by atoms with van der Waals surface area (Å²) in [6.07, 6.45) is 2.11. The van der Waals surface area contributed by atoms with Crippen molar-refractivity contribution in [3.05, 3.63) is 35.9 Å². The maximum atomic E-state index is 11.8. The Morgan fingerprint density at radius 3 is 2.50 bits per heavy atom. The number of amides is 2. The molecule has 0 radical (unpaired) electrons. The second-order valence-corrected chi connectivity index (χ2v) is 3.74. The van der Waals surface area contributed by atoms with E-state index in [-0.39, 0.29) is 5.91 Å². The lowest BCUT2D eigenvalue weighted by Gasteiger charge is -2.14. The smallest absolute Gasteiger partial charge is 0.260 e. The molecule has 16 heavy (non-hydrogen) atoms. The summed E-state index contributed by atoms with van der Waals surface area (Å²) < 4.78 is 0. The average Bonchev–Trinajstić information content (AvgIpc) is 2.35. The van der Waals surface area contributed by atoms with E-state index >= 15 is 0 Å². The van der Waals surface area contributed by atoms with Gasteiger partial charge < -0.3 is 0 Å². The van der Waals surface area contributed by atoms with Crippen molar-refractivity contribution in [2.24, 2.45) is 0 Å². The fourth-order valence-electron chi connectivity index (χ4n) is 1.33. The summed E-state index contributed by atoms with van der Waals surface area (Å²) in [5.41, 5.74) is 0.528. The lowest BCUT2D eigenvalue weighted by atomic mass is 10.2. The Bertz CT molecular complexity index is 340. The van der Waals surface area contributed by atoms with Gasteiger partial charge in [0.1, 0.15) is 0 Å². The van der Waals surface area contributed by atoms with Gasteiger partial charge in [-0.25, -0.2) is 0 Å². The van der Waals surface area contributed by atoms with Crippen LogP contribution in [0.3, 0.4) is 0 Å². The zero-order valence-corrected chi connectivity index (χ0v) is 9.69. The van der Waals surface area contributed by atoms with E-state index in [1.54, 1.807) is 24.3 Å². The largest absolute Gasteiger partial charge is 0.281 e. The van der Waals surface area contributed by atoms with Crippen LogP contribution in [0.2, 0.25) is 0 Å². The summed E-state index contributed by atoms with van der Waals surface area (Å²) in [7, 11) is 0. The number of carbonyl (C=O) groups is 2. The van der Waals surface area contributed by atoms with E-state index in [4.69, 9.17) is 11.6 Å². The third-order valence-corrected chi connectivity index (χ3v) is 2.46. The monoisotopic (exact) mass is 239 g/mol. The molecular formula is C12H14ClNO2. The quantitative estimate of drug-likeness (QED) is 0.434. The van der Waals surface area contributed by atoms with Crippen molar-refractivity contribution in [2.45, 2.75) is 12.8 Å². The van der Waals surface area contributed by atoms with E-state index in [9.17, 15) is 9.59 Å². The Kier molecular flexibility index (Phi) is 5.57. The fraction of sp³-hybridized carbons (Fsp3) is 0.333. The van der Waals surface area contributed by atoms with E-state index < -0.39 is 0 Å². The van der Waals surface area contributed by atoms with Gasteiger partial charge >= 0.3 is 0 Å². The molecule has 0 aliphatic carbocycles. The van der Waals surface area contributed by atoms with Crippen LogP contribution < -0.4 is 0 Å². The van der Waals surface area contributed by atoms with Gasteiger partial charge in [-0.15, -0.1) is 11.6 Å². The Morgan fingerprint density at radius 1 is 1.25 bits per heavy atom. The average molecular weight is 240 g/mol. The summed E-state index contributed by atoms with van der Waals surface area (Å²) in [5.74, 6) is 0.289. The highest BCUT2D eigenvalue weighted by atomic mass is 35.5. The number of hydrogen-bond acceptors (Lipinski definition) is 2. The topological polar surface area (TPSA) is 37.4 Å². The van der Waals surface area contributed by atoms with Crippen molar-refractivity contribution >= 4 is 23.9 Å². The highest BCUT2D eigenvalue weighted by molar-refractivity contribution is 6.17. The third-order valence-electron chi connectivity index (χ3n) is 2.19.